The first kappa shape index (κ1) is 6.80. The summed E-state index contributed by atoms with van der Waals surface area (Å²) in [5.41, 5.74) is 0. The molecule has 0 saturated heterocycles. The molecule has 0 aromatic carbocycles. The van der Waals surface area contributed by atoms with Crippen LogP contribution in [0.4, 0.5) is 0 Å². The first-order valence-corrected chi connectivity index (χ1v) is 2.84. The molecule has 0 fully saturated rings. The molecule has 0 aromatic rings. The topological polar surface area (TPSA) is 55.4 Å². The van der Waals surface area contributed by atoms with Crippen molar-refractivity contribution < 1.29 is 14.3 Å². The van der Waals surface area contributed by atoms with E-state index in [4.69, 9.17) is 0 Å². The smallest absolute Gasteiger partial charge is 0.304 e. The molecule has 0 aromatic heterocycles. The molecule has 1 aliphatic heterocycles. The van der Waals surface area contributed by atoms with E-state index >= 15 is 0 Å². The van der Waals surface area contributed by atoms with Crippen LogP contribution in [-0.4, -0.2) is 18.1 Å². The van der Waals surface area contributed by atoms with Crippen LogP contribution in [0.1, 0.15) is 6.92 Å². The zero-order chi connectivity index (χ0) is 7.56. The minimum absolute atomic E-state index is 0.230. The number of carbonyl (C=O) groups is 2. The lowest BCUT2D eigenvalue weighted by molar-refractivity contribution is -0.145. The van der Waals surface area contributed by atoms with Crippen LogP contribution in [0.25, 0.3) is 0 Å². The van der Waals surface area contributed by atoms with Gasteiger partial charge in [-0.2, -0.15) is 0 Å². The van der Waals surface area contributed by atoms with E-state index in [9.17, 15) is 9.59 Å². The highest BCUT2D eigenvalue weighted by atomic mass is 16.6. The Hall–Kier alpha value is -1.32. The maximum absolute atomic E-state index is 10.4. The van der Waals surface area contributed by atoms with Gasteiger partial charge in [-0.25, -0.2) is 0 Å². The Balaban J connectivity index is 2.40. The van der Waals surface area contributed by atoms with E-state index in [1.807, 2.05) is 0 Å². The Kier molecular flexibility index (Phi) is 1.71. The number of ether oxygens (including phenoxy) is 1. The van der Waals surface area contributed by atoms with Crippen molar-refractivity contribution in [1.82, 2.24) is 5.32 Å². The molecule has 1 heterocycles. The Morgan fingerprint density at radius 1 is 1.80 bits per heavy atom. The van der Waals surface area contributed by atoms with E-state index in [0.717, 1.165) is 0 Å². The first-order valence-electron chi connectivity index (χ1n) is 2.84. The largest absolute Gasteiger partial charge is 0.438 e. The van der Waals surface area contributed by atoms with E-state index in [0.29, 0.717) is 0 Å². The monoisotopic (exact) mass is 141 g/mol. The van der Waals surface area contributed by atoms with E-state index in [2.05, 4.69) is 10.1 Å². The molecule has 1 N–H and O–H groups in total. The normalized spacial score (nSPS) is 22.5. The van der Waals surface area contributed by atoms with E-state index in [-0.39, 0.29) is 5.91 Å². The van der Waals surface area contributed by atoms with Crippen LogP contribution < -0.4 is 5.32 Å². The lowest BCUT2D eigenvalue weighted by atomic mass is 10.5. The summed E-state index contributed by atoms with van der Waals surface area (Å²) in [6, 6.07) is 0. The molecule has 0 aliphatic carbocycles. The van der Waals surface area contributed by atoms with Crippen molar-refractivity contribution in [3.8, 4) is 0 Å². The molecule has 0 bridgehead atoms. The van der Waals surface area contributed by atoms with Gasteiger partial charge in [-0.15, -0.1) is 0 Å². The first-order chi connectivity index (χ1) is 4.68. The second-order valence-corrected chi connectivity index (χ2v) is 1.90. The average Bonchev–Trinajstić information content (AvgIpc) is 2.13. The van der Waals surface area contributed by atoms with Crippen LogP contribution in [0.15, 0.2) is 12.2 Å². The third-order valence-corrected chi connectivity index (χ3v) is 1.000. The van der Waals surface area contributed by atoms with Gasteiger partial charge in [0, 0.05) is 13.0 Å². The number of carbonyl (C=O) groups excluding carboxylic acids is 2. The maximum atomic E-state index is 10.4. The van der Waals surface area contributed by atoms with Gasteiger partial charge in [-0.1, -0.05) is 0 Å². The molecular formula is C6H7NO3. The van der Waals surface area contributed by atoms with Gasteiger partial charge < -0.3 is 10.1 Å². The predicted molar refractivity (Wildman–Crippen MR) is 32.8 cm³/mol. The molecule has 0 saturated carbocycles. The fourth-order valence-electron chi connectivity index (χ4n) is 0.659. The second kappa shape index (κ2) is 2.51. The van der Waals surface area contributed by atoms with Crippen molar-refractivity contribution >= 4 is 11.9 Å². The van der Waals surface area contributed by atoms with Crippen LogP contribution in [0.3, 0.4) is 0 Å². The Bertz CT molecular complexity index is 197. The van der Waals surface area contributed by atoms with Crippen molar-refractivity contribution in [1.29, 1.82) is 0 Å². The van der Waals surface area contributed by atoms with Crippen LogP contribution in [-0.2, 0) is 14.3 Å². The van der Waals surface area contributed by atoms with Gasteiger partial charge in [0.15, 0.2) is 6.23 Å². The summed E-state index contributed by atoms with van der Waals surface area (Å²) in [6.45, 7) is 1.29. The summed E-state index contributed by atoms with van der Waals surface area (Å²) in [4.78, 5) is 20.7. The summed E-state index contributed by atoms with van der Waals surface area (Å²) >= 11 is 0. The summed E-state index contributed by atoms with van der Waals surface area (Å²) < 4.78 is 4.62. The van der Waals surface area contributed by atoms with Gasteiger partial charge in [-0.05, 0) is 6.08 Å². The zero-order valence-electron chi connectivity index (χ0n) is 5.46. The second-order valence-electron chi connectivity index (χ2n) is 1.90. The summed E-state index contributed by atoms with van der Waals surface area (Å²) in [6.07, 6.45) is 2.25. The highest BCUT2D eigenvalue weighted by Gasteiger charge is 2.15. The van der Waals surface area contributed by atoms with E-state index in [1.54, 1.807) is 0 Å². The van der Waals surface area contributed by atoms with Crippen LogP contribution in [0.2, 0.25) is 0 Å². The molecule has 1 rings (SSSR count). The highest BCUT2D eigenvalue weighted by Crippen LogP contribution is 1.97. The number of hydrogen-bond acceptors (Lipinski definition) is 3. The van der Waals surface area contributed by atoms with E-state index < -0.39 is 12.2 Å². The van der Waals surface area contributed by atoms with Gasteiger partial charge >= 0.3 is 5.97 Å². The predicted octanol–water partition coefficient (Wildman–Crippen LogP) is -0.438. The Morgan fingerprint density at radius 2 is 2.50 bits per heavy atom. The van der Waals surface area contributed by atoms with Crippen LogP contribution in [0.5, 0.6) is 0 Å². The molecule has 1 atom stereocenters. The Morgan fingerprint density at radius 3 is 2.90 bits per heavy atom. The molecular weight excluding hydrogens is 134 g/mol. The molecule has 0 spiro atoms. The number of rotatable bonds is 1. The minimum Gasteiger partial charge on any atom is -0.438 e. The van der Waals surface area contributed by atoms with Gasteiger partial charge in [0.2, 0.25) is 5.91 Å². The number of nitrogens with one attached hydrogen (secondary N) is 1. The maximum Gasteiger partial charge on any atom is 0.304 e. The summed E-state index contributed by atoms with van der Waals surface area (Å²) in [7, 11) is 0. The van der Waals surface area contributed by atoms with Crippen molar-refractivity contribution in [3.05, 3.63) is 12.2 Å². The van der Waals surface area contributed by atoms with Gasteiger partial charge in [0.1, 0.15) is 0 Å². The van der Waals surface area contributed by atoms with E-state index in [1.165, 1.54) is 19.1 Å². The molecule has 0 radical (unpaired) electrons. The third kappa shape index (κ3) is 1.58. The van der Waals surface area contributed by atoms with Crippen LogP contribution >= 0.6 is 0 Å². The number of hydrogen-bond donors (Lipinski definition) is 1. The molecule has 1 aliphatic rings. The van der Waals surface area contributed by atoms with Crippen molar-refractivity contribution in [3.63, 3.8) is 0 Å². The number of esters is 1. The molecule has 1 unspecified atom stereocenters. The fourth-order valence-corrected chi connectivity index (χ4v) is 0.659. The quantitative estimate of drug-likeness (QED) is 0.504. The lowest BCUT2D eigenvalue weighted by Gasteiger charge is -2.07. The molecule has 10 heavy (non-hydrogen) atoms. The molecule has 1 amide bonds. The zero-order valence-corrected chi connectivity index (χ0v) is 5.46. The van der Waals surface area contributed by atoms with Crippen molar-refractivity contribution in [2.75, 3.05) is 0 Å². The highest BCUT2D eigenvalue weighted by molar-refractivity contribution is 5.90. The minimum atomic E-state index is -0.565. The lowest BCUT2D eigenvalue weighted by Crippen LogP contribution is -2.30. The Labute approximate surface area is 57.9 Å². The van der Waals surface area contributed by atoms with Gasteiger partial charge in [0.05, 0.1) is 0 Å². The number of amides is 1. The average molecular weight is 141 g/mol. The summed E-state index contributed by atoms with van der Waals surface area (Å²) in [5.74, 6) is -0.636. The van der Waals surface area contributed by atoms with Crippen LogP contribution in [0, 0.1) is 0 Å². The molecule has 54 valence electrons. The van der Waals surface area contributed by atoms with Crippen molar-refractivity contribution in [2.24, 2.45) is 0 Å². The van der Waals surface area contributed by atoms with Crippen molar-refractivity contribution in [2.45, 2.75) is 13.2 Å². The van der Waals surface area contributed by atoms with Gasteiger partial charge in [0.25, 0.3) is 0 Å². The summed E-state index contributed by atoms with van der Waals surface area (Å²) in [5, 5.41) is 2.39. The molecule has 4 heteroatoms. The standard InChI is InChI=1S/C6H7NO3/c1-4(8)10-6-3-2-5(9)7-6/h2-3,6H,1H3,(H,7,9). The van der Waals surface area contributed by atoms with Gasteiger partial charge in [-0.3, -0.25) is 9.59 Å². The third-order valence-electron chi connectivity index (χ3n) is 1.000. The SMILES string of the molecule is CC(=O)OC1C=CC(=O)N1. The fraction of sp³-hybridized carbons (Fsp3) is 0.333. The molecule has 4 nitrogen and oxygen atoms in total.